The molecule has 4 aliphatic rings. The number of allylic oxidation sites excluding steroid dienone is 1. The SMILES string of the molecule is CC(C)C(C)CC[C@@H](C)[C@H]1CCC2C3CC=C4CC(O)CC[C@]4(C)C3CC[C@@]21C. The van der Waals surface area contributed by atoms with Crippen LogP contribution in [0.3, 0.4) is 0 Å². The summed E-state index contributed by atoms with van der Waals surface area (Å²) in [4.78, 5) is 0. The molecule has 3 fully saturated rings. The second-order valence-electron chi connectivity index (χ2n) is 12.7. The first-order valence-corrected chi connectivity index (χ1v) is 13.0. The van der Waals surface area contributed by atoms with E-state index >= 15 is 0 Å². The highest BCUT2D eigenvalue weighted by atomic mass is 16.3. The van der Waals surface area contributed by atoms with Gasteiger partial charge in [0, 0.05) is 0 Å². The summed E-state index contributed by atoms with van der Waals surface area (Å²) >= 11 is 0. The molecule has 3 saturated carbocycles. The quantitative estimate of drug-likeness (QED) is 0.470. The van der Waals surface area contributed by atoms with Crippen LogP contribution in [0.2, 0.25) is 0 Å². The molecule has 4 rings (SSSR count). The van der Waals surface area contributed by atoms with E-state index in [-0.39, 0.29) is 6.10 Å². The smallest absolute Gasteiger partial charge is 0.0577 e. The van der Waals surface area contributed by atoms with Crippen LogP contribution in [0.4, 0.5) is 0 Å². The predicted molar refractivity (Wildman–Crippen MR) is 124 cm³/mol. The highest BCUT2D eigenvalue weighted by Crippen LogP contribution is 2.67. The molecule has 0 heterocycles. The molecule has 0 bridgehead atoms. The zero-order valence-electron chi connectivity index (χ0n) is 20.2. The molecule has 0 spiro atoms. The lowest BCUT2D eigenvalue weighted by Crippen LogP contribution is -2.50. The van der Waals surface area contributed by atoms with Gasteiger partial charge in [-0.15, -0.1) is 0 Å². The summed E-state index contributed by atoms with van der Waals surface area (Å²) in [5.74, 6) is 6.24. The van der Waals surface area contributed by atoms with Gasteiger partial charge in [0.25, 0.3) is 0 Å². The Hall–Kier alpha value is -0.300. The Morgan fingerprint density at radius 2 is 1.72 bits per heavy atom. The molecule has 1 heteroatoms. The molecule has 4 aliphatic carbocycles. The molecule has 9 atom stereocenters. The van der Waals surface area contributed by atoms with Crippen LogP contribution < -0.4 is 0 Å². The Morgan fingerprint density at radius 3 is 2.45 bits per heavy atom. The van der Waals surface area contributed by atoms with E-state index in [1.54, 1.807) is 5.57 Å². The van der Waals surface area contributed by atoms with Gasteiger partial charge >= 0.3 is 0 Å². The predicted octanol–water partition coefficient (Wildman–Crippen LogP) is 7.63. The van der Waals surface area contributed by atoms with Crippen LogP contribution >= 0.6 is 0 Å². The standard InChI is InChI=1S/C28H48O/c1-18(2)19(3)7-8-20(4)24-11-12-25-23-10-9-21-17-22(29)13-15-27(21,5)26(23)14-16-28(24,25)6/h9,18-20,22-26,29H,7-8,10-17H2,1-6H3/t19?,20-,22?,23?,24-,25?,26?,27+,28-/m1/s1. The van der Waals surface area contributed by atoms with E-state index in [2.05, 4.69) is 47.6 Å². The fourth-order valence-corrected chi connectivity index (χ4v) is 8.68. The molecule has 0 saturated heterocycles. The lowest BCUT2D eigenvalue weighted by Gasteiger charge is -2.58. The molecule has 0 radical (unpaired) electrons. The maximum Gasteiger partial charge on any atom is 0.0577 e. The van der Waals surface area contributed by atoms with Gasteiger partial charge in [0.05, 0.1) is 6.10 Å². The average Bonchev–Trinajstić information content (AvgIpc) is 3.03. The van der Waals surface area contributed by atoms with E-state index in [0.717, 1.165) is 54.3 Å². The van der Waals surface area contributed by atoms with E-state index < -0.39 is 0 Å². The molecular formula is C28H48O. The van der Waals surface area contributed by atoms with Crippen molar-refractivity contribution in [3.05, 3.63) is 11.6 Å². The third-order valence-electron chi connectivity index (χ3n) is 11.1. The number of aliphatic hydroxyl groups excluding tert-OH is 1. The molecule has 0 aromatic heterocycles. The first-order valence-electron chi connectivity index (χ1n) is 13.0. The second kappa shape index (κ2) is 7.99. The number of hydrogen-bond donors (Lipinski definition) is 1. The van der Waals surface area contributed by atoms with Crippen molar-refractivity contribution in [3.63, 3.8) is 0 Å². The van der Waals surface area contributed by atoms with Crippen LogP contribution in [0, 0.1) is 52.3 Å². The molecule has 0 aromatic rings. The number of hydrogen-bond acceptors (Lipinski definition) is 1. The lowest BCUT2D eigenvalue weighted by atomic mass is 9.47. The van der Waals surface area contributed by atoms with Crippen LogP contribution in [0.1, 0.15) is 106 Å². The van der Waals surface area contributed by atoms with Crippen molar-refractivity contribution in [1.82, 2.24) is 0 Å². The second-order valence-corrected chi connectivity index (χ2v) is 12.7. The normalized spacial score (nSPS) is 46.5. The third-order valence-corrected chi connectivity index (χ3v) is 11.1. The Bertz CT molecular complexity index is 620. The van der Waals surface area contributed by atoms with Crippen molar-refractivity contribution < 1.29 is 5.11 Å². The summed E-state index contributed by atoms with van der Waals surface area (Å²) in [5, 5.41) is 10.2. The van der Waals surface area contributed by atoms with Gasteiger partial charge in [-0.05, 0) is 104 Å². The highest BCUT2D eigenvalue weighted by Gasteiger charge is 2.59. The van der Waals surface area contributed by atoms with Crippen LogP contribution in [0.25, 0.3) is 0 Å². The summed E-state index contributed by atoms with van der Waals surface area (Å²) < 4.78 is 0. The monoisotopic (exact) mass is 400 g/mol. The molecule has 5 unspecified atom stereocenters. The average molecular weight is 401 g/mol. The summed E-state index contributed by atoms with van der Waals surface area (Å²) in [6.07, 6.45) is 15.7. The van der Waals surface area contributed by atoms with E-state index in [0.29, 0.717) is 10.8 Å². The maximum atomic E-state index is 10.2. The largest absolute Gasteiger partial charge is 0.393 e. The number of aliphatic hydroxyl groups is 1. The van der Waals surface area contributed by atoms with Crippen LogP contribution in [-0.4, -0.2) is 11.2 Å². The summed E-state index contributed by atoms with van der Waals surface area (Å²) in [6.45, 7) is 15.1. The van der Waals surface area contributed by atoms with Crippen molar-refractivity contribution in [2.45, 2.75) is 112 Å². The minimum Gasteiger partial charge on any atom is -0.393 e. The summed E-state index contributed by atoms with van der Waals surface area (Å²) in [6, 6.07) is 0. The summed E-state index contributed by atoms with van der Waals surface area (Å²) in [5.41, 5.74) is 2.59. The van der Waals surface area contributed by atoms with Crippen molar-refractivity contribution in [3.8, 4) is 0 Å². The molecule has 0 amide bonds. The van der Waals surface area contributed by atoms with Gasteiger partial charge in [0.1, 0.15) is 0 Å². The molecular weight excluding hydrogens is 352 g/mol. The van der Waals surface area contributed by atoms with Gasteiger partial charge in [-0.1, -0.05) is 66.0 Å². The van der Waals surface area contributed by atoms with Gasteiger partial charge in [0.2, 0.25) is 0 Å². The Labute approximate surface area is 181 Å². The molecule has 29 heavy (non-hydrogen) atoms. The molecule has 0 aliphatic heterocycles. The van der Waals surface area contributed by atoms with Crippen molar-refractivity contribution >= 4 is 0 Å². The first-order chi connectivity index (χ1) is 13.7. The first kappa shape index (κ1) is 21.9. The van der Waals surface area contributed by atoms with Gasteiger partial charge in [-0.3, -0.25) is 0 Å². The van der Waals surface area contributed by atoms with Crippen molar-refractivity contribution in [2.24, 2.45) is 52.3 Å². The van der Waals surface area contributed by atoms with Gasteiger partial charge in [-0.25, -0.2) is 0 Å². The Kier molecular flexibility index (Phi) is 6.04. The number of fused-ring (bicyclic) bond motifs is 5. The van der Waals surface area contributed by atoms with Gasteiger partial charge in [-0.2, -0.15) is 0 Å². The van der Waals surface area contributed by atoms with Gasteiger partial charge < -0.3 is 5.11 Å². The third kappa shape index (κ3) is 3.66. The fraction of sp³-hybridized carbons (Fsp3) is 0.929. The highest BCUT2D eigenvalue weighted by molar-refractivity contribution is 5.25. The minimum atomic E-state index is -0.0790. The van der Waals surface area contributed by atoms with Gasteiger partial charge in [0.15, 0.2) is 0 Å². The van der Waals surface area contributed by atoms with E-state index in [9.17, 15) is 5.11 Å². The lowest BCUT2D eigenvalue weighted by molar-refractivity contribution is -0.0574. The van der Waals surface area contributed by atoms with Crippen LogP contribution in [0.15, 0.2) is 11.6 Å². The molecule has 0 aromatic carbocycles. The van der Waals surface area contributed by atoms with Crippen LogP contribution in [-0.2, 0) is 0 Å². The molecule has 166 valence electrons. The Morgan fingerprint density at radius 1 is 0.966 bits per heavy atom. The van der Waals surface area contributed by atoms with Crippen molar-refractivity contribution in [2.75, 3.05) is 0 Å². The minimum absolute atomic E-state index is 0.0790. The Balaban J connectivity index is 1.49. The maximum absolute atomic E-state index is 10.2. The zero-order valence-corrected chi connectivity index (χ0v) is 20.2. The molecule has 1 N–H and O–H groups in total. The topological polar surface area (TPSA) is 20.2 Å². The zero-order chi connectivity index (χ0) is 21.0. The van der Waals surface area contributed by atoms with E-state index in [1.807, 2.05) is 0 Å². The molecule has 1 nitrogen and oxygen atoms in total. The van der Waals surface area contributed by atoms with Crippen LogP contribution in [0.5, 0.6) is 0 Å². The van der Waals surface area contributed by atoms with E-state index in [1.165, 1.54) is 51.4 Å². The van der Waals surface area contributed by atoms with E-state index in [4.69, 9.17) is 0 Å². The van der Waals surface area contributed by atoms with Crippen molar-refractivity contribution in [1.29, 1.82) is 0 Å². The fourth-order valence-electron chi connectivity index (χ4n) is 8.68. The summed E-state index contributed by atoms with van der Waals surface area (Å²) in [7, 11) is 0. The number of rotatable bonds is 5.